The van der Waals surface area contributed by atoms with Crippen molar-refractivity contribution in [2.24, 2.45) is 0 Å². The first kappa shape index (κ1) is 11.5. The van der Waals surface area contributed by atoms with Crippen LogP contribution >= 0.6 is 0 Å². The molecule has 0 amide bonds. The predicted molar refractivity (Wildman–Crippen MR) is 70.2 cm³/mol. The summed E-state index contributed by atoms with van der Waals surface area (Å²) in [5.41, 5.74) is 2.43. The number of hydrogen-bond donors (Lipinski definition) is 0. The third-order valence-corrected chi connectivity index (χ3v) is 3.17. The highest BCUT2D eigenvalue weighted by Gasteiger charge is 2.26. The fourth-order valence-electron chi connectivity index (χ4n) is 2.21. The summed E-state index contributed by atoms with van der Waals surface area (Å²) in [5, 5.41) is 0. The van der Waals surface area contributed by atoms with Gasteiger partial charge in [0.05, 0.1) is 6.61 Å². The molecule has 2 aromatic rings. The standard InChI is InChI=1S/C16H16O2/c1-3-7-13(8-4-1)11-16-17-12-15(18-16)14-9-5-2-6-10-14/h1-10,15-16H,11-12H2. The maximum absolute atomic E-state index is 5.93. The molecule has 2 unspecified atom stereocenters. The zero-order valence-electron chi connectivity index (χ0n) is 10.2. The van der Waals surface area contributed by atoms with Crippen molar-refractivity contribution in [1.82, 2.24) is 0 Å². The molecule has 0 aromatic heterocycles. The summed E-state index contributed by atoms with van der Waals surface area (Å²) >= 11 is 0. The second-order valence-electron chi connectivity index (χ2n) is 4.49. The lowest BCUT2D eigenvalue weighted by Crippen LogP contribution is -2.11. The van der Waals surface area contributed by atoms with Crippen LogP contribution in [0.5, 0.6) is 0 Å². The summed E-state index contributed by atoms with van der Waals surface area (Å²) in [7, 11) is 0. The average molecular weight is 240 g/mol. The Morgan fingerprint density at radius 2 is 1.56 bits per heavy atom. The van der Waals surface area contributed by atoms with Gasteiger partial charge in [-0.2, -0.15) is 0 Å². The highest BCUT2D eigenvalue weighted by atomic mass is 16.7. The number of benzene rings is 2. The fraction of sp³-hybridized carbons (Fsp3) is 0.250. The fourth-order valence-corrected chi connectivity index (χ4v) is 2.21. The lowest BCUT2D eigenvalue weighted by atomic mass is 10.1. The number of rotatable bonds is 3. The van der Waals surface area contributed by atoms with Gasteiger partial charge in [0.1, 0.15) is 6.10 Å². The highest BCUT2D eigenvalue weighted by Crippen LogP contribution is 2.27. The Bertz CT molecular complexity index is 481. The van der Waals surface area contributed by atoms with Crippen molar-refractivity contribution in [3.63, 3.8) is 0 Å². The summed E-state index contributed by atoms with van der Waals surface area (Å²) < 4.78 is 11.6. The summed E-state index contributed by atoms with van der Waals surface area (Å²) in [6, 6.07) is 20.5. The van der Waals surface area contributed by atoms with Crippen LogP contribution in [-0.2, 0) is 15.9 Å². The smallest absolute Gasteiger partial charge is 0.162 e. The maximum Gasteiger partial charge on any atom is 0.162 e. The molecule has 2 atom stereocenters. The molecule has 92 valence electrons. The van der Waals surface area contributed by atoms with E-state index in [1.54, 1.807) is 0 Å². The zero-order valence-corrected chi connectivity index (χ0v) is 10.2. The molecule has 3 rings (SSSR count). The van der Waals surface area contributed by atoms with Crippen LogP contribution in [0.25, 0.3) is 0 Å². The Morgan fingerprint density at radius 1 is 0.889 bits per heavy atom. The topological polar surface area (TPSA) is 18.5 Å². The third kappa shape index (κ3) is 2.61. The Hall–Kier alpha value is -1.64. The molecule has 2 heteroatoms. The summed E-state index contributed by atoms with van der Waals surface area (Å²) in [4.78, 5) is 0. The van der Waals surface area contributed by atoms with Crippen molar-refractivity contribution in [2.75, 3.05) is 6.61 Å². The molecule has 1 saturated heterocycles. The van der Waals surface area contributed by atoms with Crippen LogP contribution in [0.1, 0.15) is 17.2 Å². The van der Waals surface area contributed by atoms with Crippen LogP contribution in [0.4, 0.5) is 0 Å². The second-order valence-corrected chi connectivity index (χ2v) is 4.49. The molecule has 1 heterocycles. The van der Waals surface area contributed by atoms with E-state index in [0.717, 1.165) is 6.42 Å². The first-order valence-electron chi connectivity index (χ1n) is 6.28. The first-order chi connectivity index (χ1) is 8.92. The molecule has 18 heavy (non-hydrogen) atoms. The Balaban J connectivity index is 1.62. The van der Waals surface area contributed by atoms with Gasteiger partial charge in [-0.25, -0.2) is 0 Å². The molecular formula is C16H16O2. The molecule has 1 aliphatic rings. The summed E-state index contributed by atoms with van der Waals surface area (Å²) in [6.45, 7) is 0.640. The van der Waals surface area contributed by atoms with Gasteiger partial charge >= 0.3 is 0 Å². The van der Waals surface area contributed by atoms with E-state index in [-0.39, 0.29) is 12.4 Å². The maximum atomic E-state index is 5.93. The van der Waals surface area contributed by atoms with Crippen LogP contribution in [-0.4, -0.2) is 12.9 Å². The molecule has 1 fully saturated rings. The summed E-state index contributed by atoms with van der Waals surface area (Å²) in [6.07, 6.45) is 0.752. The van der Waals surface area contributed by atoms with Crippen LogP contribution in [0.2, 0.25) is 0 Å². The van der Waals surface area contributed by atoms with Gasteiger partial charge in [-0.3, -0.25) is 0 Å². The van der Waals surface area contributed by atoms with E-state index >= 15 is 0 Å². The van der Waals surface area contributed by atoms with Gasteiger partial charge in [0, 0.05) is 6.42 Å². The van der Waals surface area contributed by atoms with Gasteiger partial charge in [0.25, 0.3) is 0 Å². The average Bonchev–Trinajstić information content (AvgIpc) is 2.89. The van der Waals surface area contributed by atoms with Gasteiger partial charge in [-0.1, -0.05) is 60.7 Å². The van der Waals surface area contributed by atoms with Crippen LogP contribution in [0.15, 0.2) is 60.7 Å². The van der Waals surface area contributed by atoms with Crippen LogP contribution < -0.4 is 0 Å². The van der Waals surface area contributed by atoms with E-state index in [2.05, 4.69) is 24.3 Å². The van der Waals surface area contributed by atoms with Gasteiger partial charge in [0.15, 0.2) is 6.29 Å². The van der Waals surface area contributed by atoms with Crippen molar-refractivity contribution in [3.8, 4) is 0 Å². The van der Waals surface area contributed by atoms with Crippen molar-refractivity contribution < 1.29 is 9.47 Å². The molecule has 0 saturated carbocycles. The minimum Gasteiger partial charge on any atom is -0.349 e. The number of hydrogen-bond acceptors (Lipinski definition) is 2. The van der Waals surface area contributed by atoms with Crippen molar-refractivity contribution >= 4 is 0 Å². The SMILES string of the molecule is c1ccc(CC2OCC(c3ccccc3)O2)cc1. The highest BCUT2D eigenvalue weighted by molar-refractivity contribution is 5.19. The first-order valence-corrected chi connectivity index (χ1v) is 6.28. The van der Waals surface area contributed by atoms with E-state index in [1.165, 1.54) is 11.1 Å². The Kier molecular flexibility index (Phi) is 3.40. The van der Waals surface area contributed by atoms with E-state index in [9.17, 15) is 0 Å². The molecule has 0 radical (unpaired) electrons. The Labute approximate surface area is 107 Å². The van der Waals surface area contributed by atoms with Gasteiger partial charge in [-0.15, -0.1) is 0 Å². The summed E-state index contributed by atoms with van der Waals surface area (Å²) in [5.74, 6) is 0. The largest absolute Gasteiger partial charge is 0.349 e. The lowest BCUT2D eigenvalue weighted by molar-refractivity contribution is -0.0563. The zero-order chi connectivity index (χ0) is 12.2. The minimum atomic E-state index is -0.127. The molecule has 2 nitrogen and oxygen atoms in total. The molecule has 0 bridgehead atoms. The van der Waals surface area contributed by atoms with E-state index in [4.69, 9.17) is 9.47 Å². The van der Waals surface area contributed by atoms with Gasteiger partial charge < -0.3 is 9.47 Å². The molecule has 2 aromatic carbocycles. The van der Waals surface area contributed by atoms with E-state index in [0.29, 0.717) is 6.61 Å². The molecule has 1 aliphatic heterocycles. The molecule has 0 aliphatic carbocycles. The van der Waals surface area contributed by atoms with Gasteiger partial charge in [0.2, 0.25) is 0 Å². The quantitative estimate of drug-likeness (QED) is 0.819. The third-order valence-electron chi connectivity index (χ3n) is 3.17. The molecule has 0 spiro atoms. The number of ether oxygens (including phenoxy) is 2. The molecule has 0 N–H and O–H groups in total. The van der Waals surface area contributed by atoms with Crippen molar-refractivity contribution in [3.05, 3.63) is 71.8 Å². The van der Waals surface area contributed by atoms with Crippen molar-refractivity contribution in [1.29, 1.82) is 0 Å². The van der Waals surface area contributed by atoms with Gasteiger partial charge in [-0.05, 0) is 11.1 Å². The monoisotopic (exact) mass is 240 g/mol. The van der Waals surface area contributed by atoms with Crippen LogP contribution in [0, 0.1) is 0 Å². The van der Waals surface area contributed by atoms with E-state index < -0.39 is 0 Å². The predicted octanol–water partition coefficient (Wildman–Crippen LogP) is 3.34. The van der Waals surface area contributed by atoms with Crippen LogP contribution in [0.3, 0.4) is 0 Å². The lowest BCUT2D eigenvalue weighted by Gasteiger charge is -2.11. The second kappa shape index (κ2) is 5.34. The van der Waals surface area contributed by atoms with E-state index in [1.807, 2.05) is 36.4 Å². The normalized spacial score (nSPS) is 23.1. The minimum absolute atomic E-state index is 0.0694. The Morgan fingerprint density at radius 3 is 2.28 bits per heavy atom. The molecular weight excluding hydrogens is 224 g/mol. The van der Waals surface area contributed by atoms with Crippen molar-refractivity contribution in [2.45, 2.75) is 18.8 Å².